The van der Waals surface area contributed by atoms with E-state index in [2.05, 4.69) is 10.4 Å². The Balaban J connectivity index is 1.54. The van der Waals surface area contributed by atoms with Crippen LogP contribution in [0.1, 0.15) is 15.2 Å². The molecule has 6 nitrogen and oxygen atoms in total. The molecule has 4 rings (SSSR count). The number of aromatic carboxylic acids is 1. The first-order chi connectivity index (χ1) is 14.9. The zero-order valence-electron chi connectivity index (χ0n) is 16.7. The lowest BCUT2D eigenvalue weighted by atomic mass is 10.1. The number of amides is 1. The summed E-state index contributed by atoms with van der Waals surface area (Å²) in [6.07, 6.45) is 1.87. The maximum atomic E-state index is 12.7. The van der Waals surface area contributed by atoms with Crippen molar-refractivity contribution in [3.05, 3.63) is 75.3 Å². The van der Waals surface area contributed by atoms with Gasteiger partial charge in [0, 0.05) is 11.9 Å². The molecule has 1 saturated heterocycles. The molecule has 8 heteroatoms. The number of carboxylic acids is 1. The molecule has 0 spiro atoms. The second kappa shape index (κ2) is 8.79. The number of nitrogens with zero attached hydrogens (tertiary/aromatic N) is 2. The smallest absolute Gasteiger partial charge is 0.335 e. The molecule has 2 heterocycles. The quantitative estimate of drug-likeness (QED) is 0.530. The molecule has 1 aliphatic rings. The number of rotatable bonds is 5. The van der Waals surface area contributed by atoms with Crippen LogP contribution in [0.3, 0.4) is 0 Å². The van der Waals surface area contributed by atoms with Gasteiger partial charge in [-0.05, 0) is 76.8 Å². The molecule has 2 aromatic carbocycles. The van der Waals surface area contributed by atoms with Crippen LogP contribution >= 0.6 is 23.1 Å². The van der Waals surface area contributed by atoms with Crippen LogP contribution in [0.5, 0.6) is 5.75 Å². The fourth-order valence-corrected chi connectivity index (χ4v) is 4.83. The maximum Gasteiger partial charge on any atom is 0.335 e. The molecule has 0 saturated carbocycles. The van der Waals surface area contributed by atoms with Gasteiger partial charge >= 0.3 is 5.97 Å². The predicted octanol–water partition coefficient (Wildman–Crippen LogP) is 5.36. The lowest BCUT2D eigenvalue weighted by Crippen LogP contribution is -2.23. The molecule has 0 atom stereocenters. The summed E-state index contributed by atoms with van der Waals surface area (Å²) in [5, 5.41) is 11.6. The zero-order chi connectivity index (χ0) is 22.0. The number of aliphatic imine (C=N–C) groups is 1. The Hall–Kier alpha value is -3.36. The Morgan fingerprint density at radius 2 is 1.81 bits per heavy atom. The van der Waals surface area contributed by atoms with Crippen molar-refractivity contribution in [2.75, 3.05) is 14.2 Å². The highest BCUT2D eigenvalue weighted by molar-refractivity contribution is 8.18. The lowest BCUT2D eigenvalue weighted by molar-refractivity contribution is -0.121. The van der Waals surface area contributed by atoms with E-state index >= 15 is 0 Å². The number of hydrogen-bond acceptors (Lipinski definition) is 6. The Morgan fingerprint density at radius 1 is 1.10 bits per heavy atom. The van der Waals surface area contributed by atoms with Crippen molar-refractivity contribution < 1.29 is 19.4 Å². The number of carboxylic acid groups (broad SMARTS) is 1. The van der Waals surface area contributed by atoms with Gasteiger partial charge in [-0.25, -0.2) is 9.79 Å². The van der Waals surface area contributed by atoms with Crippen LogP contribution in [-0.2, 0) is 4.79 Å². The summed E-state index contributed by atoms with van der Waals surface area (Å²) in [5.74, 6) is -0.302. The fraction of sp³-hybridized carbons (Fsp3) is 0.0870. The third-order valence-corrected chi connectivity index (χ3v) is 6.60. The van der Waals surface area contributed by atoms with Gasteiger partial charge in [-0.2, -0.15) is 0 Å². The van der Waals surface area contributed by atoms with E-state index in [0.717, 1.165) is 21.8 Å². The van der Waals surface area contributed by atoms with Crippen molar-refractivity contribution in [2.45, 2.75) is 0 Å². The molecule has 0 radical (unpaired) electrons. The third kappa shape index (κ3) is 4.55. The van der Waals surface area contributed by atoms with Crippen LogP contribution in [0.2, 0.25) is 0 Å². The van der Waals surface area contributed by atoms with Crippen molar-refractivity contribution in [3.63, 3.8) is 0 Å². The second-order valence-electron chi connectivity index (χ2n) is 6.69. The third-order valence-electron chi connectivity index (χ3n) is 4.66. The van der Waals surface area contributed by atoms with Crippen LogP contribution in [0.15, 0.2) is 69.9 Å². The molecule has 156 valence electrons. The summed E-state index contributed by atoms with van der Waals surface area (Å²) in [6, 6.07) is 16.1. The van der Waals surface area contributed by atoms with Crippen molar-refractivity contribution in [2.24, 2.45) is 4.99 Å². The molecule has 3 aromatic rings. The number of carbonyl (C=O) groups excluding carboxylic acids is 1. The minimum atomic E-state index is -0.989. The lowest BCUT2D eigenvalue weighted by Gasteiger charge is -2.07. The second-order valence-corrected chi connectivity index (χ2v) is 8.64. The minimum Gasteiger partial charge on any atom is -0.497 e. The first-order valence-electron chi connectivity index (χ1n) is 9.27. The molecule has 0 bridgehead atoms. The highest BCUT2D eigenvalue weighted by atomic mass is 32.2. The van der Waals surface area contributed by atoms with Crippen LogP contribution < -0.4 is 4.74 Å². The van der Waals surface area contributed by atoms with Crippen LogP contribution in [0.25, 0.3) is 17.2 Å². The van der Waals surface area contributed by atoms with Crippen LogP contribution in [-0.4, -0.2) is 41.2 Å². The molecule has 31 heavy (non-hydrogen) atoms. The van der Waals surface area contributed by atoms with Crippen LogP contribution in [0, 0.1) is 0 Å². The Morgan fingerprint density at radius 3 is 2.45 bits per heavy atom. The van der Waals surface area contributed by atoms with Gasteiger partial charge in [0.15, 0.2) is 5.17 Å². The molecule has 0 unspecified atom stereocenters. The van der Waals surface area contributed by atoms with Crippen LogP contribution in [0.4, 0.5) is 5.69 Å². The molecule has 1 N–H and O–H groups in total. The van der Waals surface area contributed by atoms with Crippen molar-refractivity contribution >= 4 is 51.9 Å². The number of hydrogen-bond donors (Lipinski definition) is 1. The van der Waals surface area contributed by atoms with Gasteiger partial charge < -0.3 is 9.84 Å². The highest BCUT2D eigenvalue weighted by Gasteiger charge is 2.30. The molecule has 1 aromatic heterocycles. The monoisotopic (exact) mass is 450 g/mol. The molecule has 1 amide bonds. The molecule has 0 aliphatic carbocycles. The first-order valence-corrected chi connectivity index (χ1v) is 11.0. The number of thiophene rings is 1. The number of thioether (sulfide) groups is 1. The first kappa shape index (κ1) is 20.9. The van der Waals surface area contributed by atoms with Gasteiger partial charge in [0.25, 0.3) is 5.91 Å². The molecule has 1 aliphatic heterocycles. The van der Waals surface area contributed by atoms with Gasteiger partial charge in [0.2, 0.25) is 0 Å². The average Bonchev–Trinajstić information content (AvgIpc) is 3.35. The molecular weight excluding hydrogens is 432 g/mol. The van der Waals surface area contributed by atoms with Gasteiger partial charge in [-0.3, -0.25) is 9.69 Å². The minimum absolute atomic E-state index is 0.120. The molecular formula is C23H18N2O4S2. The van der Waals surface area contributed by atoms with E-state index in [1.165, 1.54) is 28.8 Å². The normalized spacial score (nSPS) is 16.3. The zero-order valence-corrected chi connectivity index (χ0v) is 18.4. The summed E-state index contributed by atoms with van der Waals surface area (Å²) in [7, 11) is 3.32. The molecule has 1 fully saturated rings. The van der Waals surface area contributed by atoms with Crippen molar-refractivity contribution in [1.82, 2.24) is 4.90 Å². The maximum absolute atomic E-state index is 12.7. The Labute approximate surface area is 187 Å². The van der Waals surface area contributed by atoms with E-state index in [1.807, 2.05) is 36.4 Å². The van der Waals surface area contributed by atoms with E-state index in [4.69, 9.17) is 9.84 Å². The number of amidine groups is 1. The standard InChI is InChI=1S/C23H18N2O4S2/c1-25-21(26)20(31-23(25)24-17-7-3-15(4-8-17)22(27)28)12-19-11-16(13-30-19)14-5-9-18(29-2)10-6-14/h3-13H,1-2H3,(H,27,28)/b20-12-,24-23+. The number of benzene rings is 2. The van der Waals surface area contributed by atoms with Gasteiger partial charge in [-0.1, -0.05) is 12.1 Å². The summed E-state index contributed by atoms with van der Waals surface area (Å²) in [5.41, 5.74) is 2.94. The Kier molecular flexibility index (Phi) is 5.92. The average molecular weight is 451 g/mol. The number of ether oxygens (including phenoxy) is 1. The fourth-order valence-electron chi connectivity index (χ4n) is 2.93. The van der Waals surface area contributed by atoms with Gasteiger partial charge in [0.05, 0.1) is 23.3 Å². The van der Waals surface area contributed by atoms with Gasteiger partial charge in [0.1, 0.15) is 5.75 Å². The van der Waals surface area contributed by atoms with E-state index in [9.17, 15) is 9.59 Å². The predicted molar refractivity (Wildman–Crippen MR) is 125 cm³/mol. The SMILES string of the molecule is COc1ccc(-c2csc(/C=C3\S/C(=N/c4ccc(C(=O)O)cc4)N(C)C3=O)c2)cc1. The number of carbonyl (C=O) groups is 2. The van der Waals surface area contributed by atoms with Gasteiger partial charge in [-0.15, -0.1) is 11.3 Å². The van der Waals surface area contributed by atoms with Crippen molar-refractivity contribution in [3.8, 4) is 16.9 Å². The summed E-state index contributed by atoms with van der Waals surface area (Å²) in [4.78, 5) is 31.2. The topological polar surface area (TPSA) is 79.2 Å². The van der Waals surface area contributed by atoms with Crippen molar-refractivity contribution in [1.29, 1.82) is 0 Å². The van der Waals surface area contributed by atoms with E-state index in [0.29, 0.717) is 15.8 Å². The van der Waals surface area contributed by atoms with E-state index in [1.54, 1.807) is 37.6 Å². The number of methoxy groups -OCH3 is 1. The largest absolute Gasteiger partial charge is 0.497 e. The highest BCUT2D eigenvalue weighted by Crippen LogP contribution is 2.35. The summed E-state index contributed by atoms with van der Waals surface area (Å²) < 4.78 is 5.20. The van der Waals surface area contributed by atoms with E-state index < -0.39 is 5.97 Å². The summed E-state index contributed by atoms with van der Waals surface area (Å²) >= 11 is 2.87. The number of likely N-dealkylation sites (N-methyl/N-ethyl adjacent to an activating group) is 1. The van der Waals surface area contributed by atoms with E-state index in [-0.39, 0.29) is 11.5 Å². The Bertz CT molecular complexity index is 1200. The summed E-state index contributed by atoms with van der Waals surface area (Å²) in [6.45, 7) is 0.